The lowest BCUT2D eigenvalue weighted by molar-refractivity contribution is 0.105. The Bertz CT molecular complexity index is 301. The maximum Gasteiger partial charge on any atom is 0.191 e. The molecule has 4 nitrogen and oxygen atoms in total. The number of hydrogen-bond acceptors (Lipinski definition) is 2. The molecule has 0 heterocycles. The molecule has 0 spiro atoms. The van der Waals surface area contributed by atoms with Gasteiger partial charge in [0.05, 0.1) is 6.61 Å². The molecule has 2 aliphatic rings. The summed E-state index contributed by atoms with van der Waals surface area (Å²) in [6.45, 7) is 3.89. The van der Waals surface area contributed by atoms with Gasteiger partial charge in [-0.15, -0.1) is 24.0 Å². The first kappa shape index (κ1) is 17.0. The Morgan fingerprint density at radius 3 is 2.53 bits per heavy atom. The van der Waals surface area contributed by atoms with Crippen LogP contribution in [0, 0.1) is 11.3 Å². The minimum absolute atomic E-state index is 0. The Morgan fingerprint density at radius 1 is 1.42 bits per heavy atom. The van der Waals surface area contributed by atoms with Crippen molar-refractivity contribution in [1.29, 1.82) is 0 Å². The van der Waals surface area contributed by atoms with Gasteiger partial charge >= 0.3 is 0 Å². The topological polar surface area (TPSA) is 45.7 Å². The Morgan fingerprint density at radius 2 is 2.11 bits per heavy atom. The van der Waals surface area contributed by atoms with E-state index in [4.69, 9.17) is 4.74 Å². The van der Waals surface area contributed by atoms with E-state index in [2.05, 4.69) is 22.5 Å². The molecule has 2 aliphatic carbocycles. The monoisotopic (exact) mass is 381 g/mol. The van der Waals surface area contributed by atoms with Crippen LogP contribution in [-0.2, 0) is 4.74 Å². The van der Waals surface area contributed by atoms with E-state index < -0.39 is 0 Å². The van der Waals surface area contributed by atoms with Crippen LogP contribution in [0.3, 0.4) is 0 Å². The predicted octanol–water partition coefficient (Wildman–Crippen LogP) is 2.38. The Hall–Kier alpha value is -0.0400. The normalized spacial score (nSPS) is 23.0. The second kappa shape index (κ2) is 7.67. The highest BCUT2D eigenvalue weighted by Gasteiger charge is 2.48. The molecule has 19 heavy (non-hydrogen) atoms. The average molecular weight is 381 g/mol. The lowest BCUT2D eigenvalue weighted by Crippen LogP contribution is -2.50. The second-order valence-electron chi connectivity index (χ2n) is 5.92. The minimum atomic E-state index is 0. The van der Waals surface area contributed by atoms with Crippen molar-refractivity contribution in [2.75, 3.05) is 27.3 Å². The zero-order valence-electron chi connectivity index (χ0n) is 12.4. The van der Waals surface area contributed by atoms with Gasteiger partial charge in [0.15, 0.2) is 5.96 Å². The van der Waals surface area contributed by atoms with Crippen LogP contribution in [0.25, 0.3) is 0 Å². The predicted molar refractivity (Wildman–Crippen MR) is 90.3 cm³/mol. The molecule has 1 unspecified atom stereocenters. The average Bonchev–Trinajstić information content (AvgIpc) is 3.11. The smallest absolute Gasteiger partial charge is 0.191 e. The molecule has 0 aromatic carbocycles. The maximum atomic E-state index is 5.13. The number of nitrogens with zero attached hydrogens (tertiary/aromatic N) is 1. The van der Waals surface area contributed by atoms with Gasteiger partial charge in [-0.05, 0) is 43.9 Å². The van der Waals surface area contributed by atoms with Crippen molar-refractivity contribution >= 4 is 29.9 Å². The molecule has 0 bridgehead atoms. The van der Waals surface area contributed by atoms with E-state index in [0.717, 1.165) is 18.4 Å². The van der Waals surface area contributed by atoms with E-state index in [9.17, 15) is 0 Å². The summed E-state index contributed by atoms with van der Waals surface area (Å²) in [7, 11) is 3.56. The van der Waals surface area contributed by atoms with E-state index in [0.29, 0.717) is 18.1 Å². The van der Waals surface area contributed by atoms with Crippen LogP contribution in [0.4, 0.5) is 0 Å². The Kier molecular flexibility index (Phi) is 6.86. The summed E-state index contributed by atoms with van der Waals surface area (Å²) >= 11 is 0. The zero-order valence-corrected chi connectivity index (χ0v) is 14.7. The van der Waals surface area contributed by atoms with Gasteiger partial charge in [0.2, 0.25) is 0 Å². The summed E-state index contributed by atoms with van der Waals surface area (Å²) in [5.74, 6) is 1.89. The van der Waals surface area contributed by atoms with Crippen molar-refractivity contribution < 1.29 is 4.74 Å². The van der Waals surface area contributed by atoms with Crippen molar-refractivity contribution in [2.24, 2.45) is 16.3 Å². The SMILES string of the molecule is CN=C(NCC1(C2CC2)CCC1)NC(C)COC.I. The highest BCUT2D eigenvalue weighted by Crippen LogP contribution is 2.56. The van der Waals surface area contributed by atoms with Gasteiger partial charge in [-0.1, -0.05) is 6.42 Å². The molecule has 0 aromatic heterocycles. The first-order valence-corrected chi connectivity index (χ1v) is 7.16. The third kappa shape index (κ3) is 4.48. The van der Waals surface area contributed by atoms with E-state index in [1.807, 2.05) is 7.05 Å². The molecule has 2 saturated carbocycles. The number of aliphatic imine (C=N–C) groups is 1. The van der Waals surface area contributed by atoms with Crippen LogP contribution in [0.15, 0.2) is 4.99 Å². The molecule has 0 aromatic rings. The van der Waals surface area contributed by atoms with E-state index >= 15 is 0 Å². The van der Waals surface area contributed by atoms with Crippen LogP contribution in [0.1, 0.15) is 39.0 Å². The van der Waals surface area contributed by atoms with Crippen LogP contribution in [0.5, 0.6) is 0 Å². The lowest BCUT2D eigenvalue weighted by Gasteiger charge is -2.43. The standard InChI is InChI=1S/C14H27N3O.HI/c1-11(9-18-3)17-13(15-2)16-10-14(7-4-8-14)12-5-6-12;/h11-12H,4-10H2,1-3H3,(H2,15,16,17);1H. The summed E-state index contributed by atoms with van der Waals surface area (Å²) in [6, 6.07) is 0.291. The van der Waals surface area contributed by atoms with Gasteiger partial charge in [0.1, 0.15) is 0 Å². The largest absolute Gasteiger partial charge is 0.383 e. The third-order valence-corrected chi connectivity index (χ3v) is 4.42. The lowest BCUT2D eigenvalue weighted by atomic mass is 9.65. The van der Waals surface area contributed by atoms with Gasteiger partial charge < -0.3 is 15.4 Å². The van der Waals surface area contributed by atoms with Crippen LogP contribution in [-0.4, -0.2) is 39.3 Å². The first-order valence-electron chi connectivity index (χ1n) is 7.16. The zero-order chi connectivity index (χ0) is 13.0. The minimum Gasteiger partial charge on any atom is -0.383 e. The number of nitrogens with one attached hydrogen (secondary N) is 2. The van der Waals surface area contributed by atoms with Gasteiger partial charge in [-0.2, -0.15) is 0 Å². The number of guanidine groups is 1. The van der Waals surface area contributed by atoms with Crippen LogP contribution >= 0.6 is 24.0 Å². The quantitative estimate of drug-likeness (QED) is 0.422. The van der Waals surface area contributed by atoms with Crippen molar-refractivity contribution in [3.8, 4) is 0 Å². The molecule has 1 atom stereocenters. The van der Waals surface area contributed by atoms with Gasteiger partial charge in [0, 0.05) is 26.7 Å². The summed E-state index contributed by atoms with van der Waals surface area (Å²) in [6.07, 6.45) is 7.08. The van der Waals surface area contributed by atoms with Gasteiger partial charge in [-0.25, -0.2) is 0 Å². The Labute approximate surface area is 134 Å². The number of rotatable bonds is 6. The van der Waals surface area contributed by atoms with Crippen molar-refractivity contribution in [3.05, 3.63) is 0 Å². The maximum absolute atomic E-state index is 5.13. The number of methoxy groups -OCH3 is 1. The number of hydrogen-bond donors (Lipinski definition) is 2. The third-order valence-electron chi connectivity index (χ3n) is 4.42. The summed E-state index contributed by atoms with van der Waals surface area (Å²) in [5, 5.41) is 6.87. The van der Waals surface area contributed by atoms with Crippen LogP contribution < -0.4 is 10.6 Å². The molecule has 2 N–H and O–H groups in total. The highest BCUT2D eigenvalue weighted by molar-refractivity contribution is 14.0. The fourth-order valence-electron chi connectivity index (χ4n) is 3.04. The van der Waals surface area contributed by atoms with Crippen molar-refractivity contribution in [3.63, 3.8) is 0 Å². The summed E-state index contributed by atoms with van der Waals surface area (Å²) in [5.41, 5.74) is 0.585. The number of halogens is 1. The fraction of sp³-hybridized carbons (Fsp3) is 0.929. The molecule has 0 radical (unpaired) electrons. The summed E-state index contributed by atoms with van der Waals surface area (Å²) in [4.78, 5) is 4.29. The first-order chi connectivity index (χ1) is 8.70. The fourth-order valence-corrected chi connectivity index (χ4v) is 3.04. The van der Waals surface area contributed by atoms with Crippen molar-refractivity contribution in [2.45, 2.75) is 45.1 Å². The van der Waals surface area contributed by atoms with Gasteiger partial charge in [-0.3, -0.25) is 4.99 Å². The van der Waals surface area contributed by atoms with E-state index in [-0.39, 0.29) is 24.0 Å². The molecule has 0 amide bonds. The van der Waals surface area contributed by atoms with Crippen molar-refractivity contribution in [1.82, 2.24) is 10.6 Å². The van der Waals surface area contributed by atoms with E-state index in [1.165, 1.54) is 32.1 Å². The molecular formula is C14H28IN3O. The molecule has 0 aliphatic heterocycles. The van der Waals surface area contributed by atoms with Gasteiger partial charge in [0.25, 0.3) is 0 Å². The second-order valence-corrected chi connectivity index (χ2v) is 5.92. The Balaban J connectivity index is 0.00000180. The number of ether oxygens (including phenoxy) is 1. The molecule has 2 rings (SSSR count). The molecule has 0 saturated heterocycles. The molecule has 2 fully saturated rings. The molecule has 5 heteroatoms. The molecule has 112 valence electrons. The van der Waals surface area contributed by atoms with Crippen LogP contribution in [0.2, 0.25) is 0 Å². The molecular weight excluding hydrogens is 353 g/mol. The van der Waals surface area contributed by atoms with E-state index in [1.54, 1.807) is 7.11 Å². The highest BCUT2D eigenvalue weighted by atomic mass is 127. The summed E-state index contributed by atoms with van der Waals surface area (Å²) < 4.78 is 5.13.